The van der Waals surface area contributed by atoms with Gasteiger partial charge in [-0.3, -0.25) is 9.59 Å². The van der Waals surface area contributed by atoms with E-state index in [4.69, 9.17) is 18.6 Å². The largest absolute Gasteiger partial charge is 0.504 e. The highest BCUT2D eigenvalue weighted by molar-refractivity contribution is 5.94. The minimum Gasteiger partial charge on any atom is -0.504 e. The number of hydrogen-bond donors (Lipinski definition) is 4. The number of ether oxygens (including phenoxy) is 3. The Kier molecular flexibility index (Phi) is 7.62. The van der Waals surface area contributed by atoms with Crippen LogP contribution in [0, 0.1) is 0 Å². The van der Waals surface area contributed by atoms with E-state index in [-0.39, 0.29) is 51.9 Å². The van der Waals surface area contributed by atoms with Gasteiger partial charge in [0.05, 0.1) is 27.4 Å². The summed E-state index contributed by atoms with van der Waals surface area (Å²) in [5.74, 6) is -3.99. The lowest BCUT2D eigenvalue weighted by atomic mass is 9.85. The van der Waals surface area contributed by atoms with E-state index in [1.54, 1.807) is 35.2 Å². The Bertz CT molecular complexity index is 1630. The van der Waals surface area contributed by atoms with Gasteiger partial charge >= 0.3 is 0 Å². The van der Waals surface area contributed by atoms with Crippen LogP contribution in [-0.4, -0.2) is 71.8 Å². The van der Waals surface area contributed by atoms with E-state index < -0.39 is 28.6 Å². The van der Waals surface area contributed by atoms with Crippen LogP contribution < -0.4 is 14.9 Å². The average molecular weight is 564 g/mol. The number of aromatic hydroxyl groups is 4. The Labute approximate surface area is 234 Å². The van der Waals surface area contributed by atoms with Gasteiger partial charge in [-0.25, -0.2) is 0 Å². The average Bonchev–Trinajstić information content (AvgIpc) is 3.00. The summed E-state index contributed by atoms with van der Waals surface area (Å²) in [7, 11) is 2.69. The van der Waals surface area contributed by atoms with Gasteiger partial charge in [0, 0.05) is 42.6 Å². The molecule has 1 aliphatic heterocycles. The van der Waals surface area contributed by atoms with Crippen molar-refractivity contribution < 1.29 is 43.8 Å². The van der Waals surface area contributed by atoms with Crippen molar-refractivity contribution in [2.45, 2.75) is 12.3 Å². The highest BCUT2D eigenvalue weighted by Crippen LogP contribution is 2.51. The maximum absolute atomic E-state index is 13.6. The molecule has 1 aromatic heterocycles. The number of phenolic OH excluding ortho intramolecular Hbond substituents is 4. The molecule has 2 heterocycles. The first-order chi connectivity index (χ1) is 19.7. The standard InChI is InChI=1S/C30H29NO10/c1-38-21-12-17(13-22(39-2)26(21)34)18(14-23(33)31-8-10-40-11-9-31)24-27(35)29(37)28(36)25-19(32)15-20(41-30(24)25)16-6-4-3-5-7-16/h3-7,12-13,15,18,34-37H,8-11,14H2,1-2H3/t18-/m0/s1. The lowest BCUT2D eigenvalue weighted by Crippen LogP contribution is -2.41. The molecule has 4 N–H and O–H groups in total. The molecular weight excluding hydrogens is 534 g/mol. The molecule has 11 nitrogen and oxygen atoms in total. The van der Waals surface area contributed by atoms with Crippen molar-refractivity contribution >= 4 is 16.9 Å². The predicted octanol–water partition coefficient (Wildman–Crippen LogP) is 3.68. The van der Waals surface area contributed by atoms with Crippen LogP contribution in [0.25, 0.3) is 22.3 Å². The van der Waals surface area contributed by atoms with Gasteiger partial charge in [-0.1, -0.05) is 30.3 Å². The highest BCUT2D eigenvalue weighted by atomic mass is 16.5. The van der Waals surface area contributed by atoms with E-state index in [9.17, 15) is 30.0 Å². The third-order valence-electron chi connectivity index (χ3n) is 7.19. The summed E-state index contributed by atoms with van der Waals surface area (Å²) >= 11 is 0. The highest BCUT2D eigenvalue weighted by Gasteiger charge is 2.33. The number of rotatable bonds is 7. The van der Waals surface area contributed by atoms with Crippen LogP contribution in [0.4, 0.5) is 0 Å². The number of nitrogens with zero attached hydrogens (tertiary/aromatic N) is 1. The molecule has 5 rings (SSSR count). The number of amides is 1. The van der Waals surface area contributed by atoms with Crippen molar-refractivity contribution in [2.75, 3.05) is 40.5 Å². The molecule has 1 fully saturated rings. The van der Waals surface area contributed by atoms with Gasteiger partial charge in [-0.2, -0.15) is 0 Å². The number of methoxy groups -OCH3 is 2. The van der Waals surface area contributed by atoms with Crippen LogP contribution in [0.1, 0.15) is 23.5 Å². The van der Waals surface area contributed by atoms with Crippen molar-refractivity contribution in [3.05, 3.63) is 69.9 Å². The van der Waals surface area contributed by atoms with E-state index in [0.717, 1.165) is 0 Å². The second-order valence-electron chi connectivity index (χ2n) is 9.53. The Hall–Kier alpha value is -4.90. The van der Waals surface area contributed by atoms with Crippen molar-refractivity contribution in [3.8, 4) is 45.8 Å². The van der Waals surface area contributed by atoms with Crippen LogP contribution >= 0.6 is 0 Å². The normalized spacial score (nSPS) is 14.1. The first-order valence-electron chi connectivity index (χ1n) is 12.9. The molecule has 0 spiro atoms. The zero-order valence-electron chi connectivity index (χ0n) is 22.4. The molecule has 1 saturated heterocycles. The van der Waals surface area contributed by atoms with Crippen LogP contribution in [0.3, 0.4) is 0 Å². The molecule has 1 atom stereocenters. The maximum Gasteiger partial charge on any atom is 0.223 e. The summed E-state index contributed by atoms with van der Waals surface area (Å²) in [4.78, 5) is 28.5. The summed E-state index contributed by atoms with van der Waals surface area (Å²) in [6, 6.07) is 12.8. The lowest BCUT2D eigenvalue weighted by Gasteiger charge is -2.29. The van der Waals surface area contributed by atoms with Gasteiger partial charge in [-0.05, 0) is 17.7 Å². The SMILES string of the molecule is COc1cc([C@H](CC(=O)N2CCOCC2)c2c(O)c(O)c(O)c3c(=O)cc(-c4ccccc4)oc23)cc(OC)c1O. The molecule has 1 amide bonds. The number of carbonyl (C=O) groups excluding carboxylic acids is 1. The van der Waals surface area contributed by atoms with Crippen molar-refractivity contribution in [2.24, 2.45) is 0 Å². The molecule has 41 heavy (non-hydrogen) atoms. The monoisotopic (exact) mass is 563 g/mol. The number of hydrogen-bond acceptors (Lipinski definition) is 10. The Balaban J connectivity index is 1.81. The molecule has 0 saturated carbocycles. The number of fused-ring (bicyclic) bond motifs is 1. The summed E-state index contributed by atoms with van der Waals surface area (Å²) < 4.78 is 22.2. The van der Waals surface area contributed by atoms with E-state index in [1.165, 1.54) is 32.4 Å². The smallest absolute Gasteiger partial charge is 0.223 e. The molecule has 4 aromatic rings. The summed E-state index contributed by atoms with van der Waals surface area (Å²) in [5.41, 5.74) is -0.0965. The topological polar surface area (TPSA) is 159 Å². The zero-order chi connectivity index (χ0) is 29.3. The second kappa shape index (κ2) is 11.3. The number of benzene rings is 3. The molecule has 3 aromatic carbocycles. The number of phenols is 4. The van der Waals surface area contributed by atoms with Gasteiger partial charge in [0.1, 0.15) is 16.7 Å². The van der Waals surface area contributed by atoms with Gasteiger partial charge < -0.3 is 44.0 Å². The zero-order valence-corrected chi connectivity index (χ0v) is 22.4. The Morgan fingerprint density at radius 2 is 1.54 bits per heavy atom. The first kappa shape index (κ1) is 27.7. The Morgan fingerprint density at radius 3 is 2.15 bits per heavy atom. The minimum absolute atomic E-state index is 0.0291. The number of carbonyl (C=O) groups is 1. The second-order valence-corrected chi connectivity index (χ2v) is 9.53. The quantitative estimate of drug-likeness (QED) is 0.244. The molecule has 11 heteroatoms. The van der Waals surface area contributed by atoms with Crippen molar-refractivity contribution in [3.63, 3.8) is 0 Å². The maximum atomic E-state index is 13.6. The minimum atomic E-state index is -1.06. The predicted molar refractivity (Wildman–Crippen MR) is 148 cm³/mol. The fourth-order valence-electron chi connectivity index (χ4n) is 5.06. The van der Waals surface area contributed by atoms with Crippen LogP contribution in [0.2, 0.25) is 0 Å². The van der Waals surface area contributed by atoms with Crippen molar-refractivity contribution in [1.82, 2.24) is 4.90 Å². The first-order valence-corrected chi connectivity index (χ1v) is 12.9. The summed E-state index contributed by atoms with van der Waals surface area (Å²) in [6.07, 6.45) is -0.247. The van der Waals surface area contributed by atoms with Gasteiger partial charge in [0.25, 0.3) is 0 Å². The Morgan fingerprint density at radius 1 is 0.902 bits per heavy atom. The lowest BCUT2D eigenvalue weighted by molar-refractivity contribution is -0.135. The van der Waals surface area contributed by atoms with E-state index >= 15 is 0 Å². The summed E-state index contributed by atoms with van der Waals surface area (Å²) in [6.45, 7) is 1.44. The van der Waals surface area contributed by atoms with Crippen LogP contribution in [0.5, 0.6) is 34.5 Å². The third-order valence-corrected chi connectivity index (χ3v) is 7.19. The molecule has 0 aliphatic carbocycles. The molecular formula is C30H29NO10. The van der Waals surface area contributed by atoms with Gasteiger partial charge in [0.15, 0.2) is 28.4 Å². The fourth-order valence-corrected chi connectivity index (χ4v) is 5.06. The number of morpholine rings is 1. The molecule has 214 valence electrons. The van der Waals surface area contributed by atoms with E-state index in [2.05, 4.69) is 0 Å². The van der Waals surface area contributed by atoms with E-state index in [0.29, 0.717) is 37.4 Å². The fraction of sp³-hybridized carbons (Fsp3) is 0.267. The third kappa shape index (κ3) is 5.07. The summed E-state index contributed by atoms with van der Waals surface area (Å²) in [5, 5.41) is 42.9. The van der Waals surface area contributed by atoms with Crippen LogP contribution in [0.15, 0.2) is 57.7 Å². The molecule has 0 bridgehead atoms. The van der Waals surface area contributed by atoms with E-state index in [1.807, 2.05) is 0 Å². The van der Waals surface area contributed by atoms with Crippen LogP contribution in [-0.2, 0) is 9.53 Å². The van der Waals surface area contributed by atoms with Gasteiger partial charge in [-0.15, -0.1) is 0 Å². The molecule has 0 unspecified atom stereocenters. The molecule has 0 radical (unpaired) electrons. The van der Waals surface area contributed by atoms with Crippen molar-refractivity contribution in [1.29, 1.82) is 0 Å². The molecule has 1 aliphatic rings. The van der Waals surface area contributed by atoms with Gasteiger partial charge in [0.2, 0.25) is 17.4 Å².